The van der Waals surface area contributed by atoms with Crippen molar-refractivity contribution in [3.8, 4) is 49.1 Å². The Balaban J connectivity index is 0.915. The van der Waals surface area contributed by atoms with Crippen molar-refractivity contribution < 1.29 is 62.8 Å². The SMILES string of the molecule is COC(=O)C1CCC(NC(=O)c2csc(-c3ccc4c(n3)-c3csc(n3)-c3csc(n3)[C@@H]3[C@@H](C)[C@@H](O)CN3C(=O)[C@H](Cc3ccc(OCC(=O)OC(C)(C)C)cc3)NC(=O)c3csc(n3)C([C@H](O)c3ccccc3)NC(=O)c3nc(sc3C)[C@H](CC(N)=O)NC(=O)c3csc-4n3)n2)CC1. The van der Waals surface area contributed by atoms with Gasteiger partial charge in [-0.05, 0) is 88.8 Å². The third kappa shape index (κ3) is 16.0. The maximum Gasteiger partial charge on any atom is 0.344 e. The number of primary amides is 1. The third-order valence-electron chi connectivity index (χ3n) is 16.8. The summed E-state index contributed by atoms with van der Waals surface area (Å²) in [7, 11) is 1.37. The number of fused-ring (bicyclic) bond motifs is 16. The molecule has 7 aromatic heterocycles. The number of benzene rings is 2. The molecule has 514 valence electrons. The molecule has 99 heavy (non-hydrogen) atoms. The number of rotatable bonds is 13. The van der Waals surface area contributed by atoms with Crippen molar-refractivity contribution in [2.24, 2.45) is 17.6 Å². The Labute approximate surface area is 590 Å². The van der Waals surface area contributed by atoms with E-state index in [0.717, 1.165) is 34.0 Å². The van der Waals surface area contributed by atoms with E-state index in [9.17, 15) is 43.8 Å². The van der Waals surface area contributed by atoms with Crippen molar-refractivity contribution in [2.45, 2.75) is 121 Å². The van der Waals surface area contributed by atoms with Crippen molar-refractivity contribution in [1.82, 2.24) is 61.1 Å². The number of thiazole rings is 6. The lowest BCUT2D eigenvalue weighted by Crippen LogP contribution is -2.50. The molecule has 7 atom stereocenters. The van der Waals surface area contributed by atoms with Crippen LogP contribution in [-0.2, 0) is 35.1 Å². The van der Waals surface area contributed by atoms with Gasteiger partial charge in [-0.1, -0.05) is 49.4 Å². The minimum atomic E-state index is -1.44. The van der Waals surface area contributed by atoms with Crippen LogP contribution in [0, 0.1) is 18.8 Å². The number of ether oxygens (including phenoxy) is 3. The summed E-state index contributed by atoms with van der Waals surface area (Å²) < 4.78 is 16.1. The fraction of sp³-hybridized carbons (Fsp3) is 0.358. The van der Waals surface area contributed by atoms with Crippen molar-refractivity contribution in [3.05, 3.63) is 147 Å². The minimum absolute atomic E-state index is 0.0325. The molecule has 8 N–H and O–H groups in total. The van der Waals surface area contributed by atoms with Gasteiger partial charge in [-0.3, -0.25) is 33.6 Å². The van der Waals surface area contributed by atoms with E-state index in [1.54, 1.807) is 116 Å². The lowest BCUT2D eigenvalue weighted by Gasteiger charge is -2.29. The van der Waals surface area contributed by atoms with E-state index in [0.29, 0.717) is 95.8 Å². The molecule has 1 saturated carbocycles. The number of hydrogen-bond acceptors (Lipinski definition) is 26. The van der Waals surface area contributed by atoms with E-state index in [-0.39, 0.29) is 76.2 Å². The molecule has 1 aliphatic carbocycles. The highest BCUT2D eigenvalue weighted by Gasteiger charge is 2.46. The molecular formula is C67H67N13O13S6. The average molecular weight is 1450 g/mol. The van der Waals surface area contributed by atoms with Crippen LogP contribution in [0.5, 0.6) is 5.75 Å². The Morgan fingerprint density at radius 3 is 2.07 bits per heavy atom. The highest BCUT2D eigenvalue weighted by Crippen LogP contribution is 2.43. The van der Waals surface area contributed by atoms with E-state index in [2.05, 4.69) is 31.2 Å². The zero-order valence-electron chi connectivity index (χ0n) is 54.1. The van der Waals surface area contributed by atoms with Gasteiger partial charge in [0, 0.05) is 62.3 Å². The van der Waals surface area contributed by atoms with Crippen molar-refractivity contribution in [3.63, 3.8) is 0 Å². The molecule has 1 saturated heterocycles. The first-order valence-corrected chi connectivity index (χ1v) is 36.7. The van der Waals surface area contributed by atoms with E-state index in [1.807, 2.05) is 6.92 Å². The Morgan fingerprint density at radius 1 is 0.697 bits per heavy atom. The Hall–Kier alpha value is -9.15. The number of nitrogens with one attached hydrogen (secondary N) is 4. The summed E-state index contributed by atoms with van der Waals surface area (Å²) in [5, 5.41) is 45.7. The van der Waals surface area contributed by atoms with Gasteiger partial charge in [0.2, 0.25) is 11.8 Å². The second kappa shape index (κ2) is 29.7. The number of carbonyl (C=O) groups excluding carboxylic acids is 8. The Bertz CT molecular complexity index is 4510. The number of hydrogen-bond donors (Lipinski definition) is 7. The summed E-state index contributed by atoms with van der Waals surface area (Å²) in [5.41, 5.74) is 7.99. The summed E-state index contributed by atoms with van der Waals surface area (Å²) in [4.78, 5) is 146. The number of pyridine rings is 1. The van der Waals surface area contributed by atoms with E-state index >= 15 is 4.79 Å². The molecule has 1 unspecified atom stereocenters. The number of amides is 6. The molecule has 12 rings (SSSR count). The highest BCUT2D eigenvalue weighted by molar-refractivity contribution is 7.15. The lowest BCUT2D eigenvalue weighted by molar-refractivity contribution is -0.157. The van der Waals surface area contributed by atoms with Gasteiger partial charge in [0.1, 0.15) is 99.4 Å². The van der Waals surface area contributed by atoms with Crippen LogP contribution in [0.2, 0.25) is 0 Å². The maximum absolute atomic E-state index is 15.5. The molecule has 2 aliphatic heterocycles. The predicted octanol–water partition coefficient (Wildman–Crippen LogP) is 8.77. The number of methoxy groups -OCH3 is 1. The molecule has 0 spiro atoms. The number of carbonyl (C=O) groups is 8. The van der Waals surface area contributed by atoms with Crippen LogP contribution in [0.4, 0.5) is 0 Å². The standard InChI is InChI=1S/C67H67N13O13S6/c1-31-47(81)24-80-53(31)64-77-46(30-98-64)61-73-42(26-95-61)51-38(20-21-39(70-51)60-75-43(28-96-60)55(85)69-36-16-14-35(15-17-36)66(90)91-6)59-74-44(27-94-59)56(86)71-40(23-48(68)82)62-79-50(32(2)99-62)58(88)78-52(54(84)34-10-8-7-9-11-34)63-76-45(29-97-63)57(87)72-41(65(80)89)22-33-12-18-37(19-13-33)92-25-49(83)93-67(3,4)5/h7-13,18-21,26-31,35-36,40-41,47,52-54,81,84H,14-17,22-25H2,1-6H3,(H2,68,82)(H,69,85)(H,71,86)(H,72,87)(H,78,88)/t31-,35?,36?,40-,41-,47-,52?,53-,54+/m0/s1. The van der Waals surface area contributed by atoms with Gasteiger partial charge in [0.05, 0.1) is 43.3 Å². The molecule has 2 fully saturated rings. The molecule has 6 amide bonds. The largest absolute Gasteiger partial charge is 0.482 e. The van der Waals surface area contributed by atoms with Crippen LogP contribution in [0.3, 0.4) is 0 Å². The Kier molecular flexibility index (Phi) is 20.9. The van der Waals surface area contributed by atoms with Crippen molar-refractivity contribution >= 4 is 115 Å². The molecule has 0 radical (unpaired) electrons. The third-order valence-corrected chi connectivity index (χ3v) is 22.3. The molecule has 3 aliphatic rings. The summed E-state index contributed by atoms with van der Waals surface area (Å²) in [6, 6.07) is 13.9. The monoisotopic (exact) mass is 1450 g/mol. The van der Waals surface area contributed by atoms with E-state index < -0.39 is 89.8 Å². The van der Waals surface area contributed by atoms with Gasteiger partial charge >= 0.3 is 11.9 Å². The summed E-state index contributed by atoms with van der Waals surface area (Å²) in [6.45, 7) is 8.21. The molecule has 9 heterocycles. The predicted molar refractivity (Wildman–Crippen MR) is 371 cm³/mol. The van der Waals surface area contributed by atoms with Crippen LogP contribution in [-0.4, -0.2) is 141 Å². The quantitative estimate of drug-likeness (QED) is 0.0530. The summed E-state index contributed by atoms with van der Waals surface area (Å²) in [5.74, 6) is -5.19. The van der Waals surface area contributed by atoms with E-state index in [4.69, 9.17) is 44.9 Å². The topological polar surface area (TPSA) is 372 Å². The first-order valence-electron chi connectivity index (χ1n) is 31.5. The van der Waals surface area contributed by atoms with Gasteiger partial charge in [-0.2, -0.15) is 0 Å². The first kappa shape index (κ1) is 69.7. The number of aromatic nitrogens is 7. The number of aryl methyl sites for hydroxylation is 1. The molecular weight excluding hydrogens is 1390 g/mol. The van der Waals surface area contributed by atoms with Crippen molar-refractivity contribution in [1.29, 1.82) is 0 Å². The summed E-state index contributed by atoms with van der Waals surface area (Å²) >= 11 is 6.90. The Morgan fingerprint density at radius 2 is 1.34 bits per heavy atom. The second-order valence-electron chi connectivity index (χ2n) is 25.0. The van der Waals surface area contributed by atoms with Crippen LogP contribution < -0.4 is 31.7 Å². The zero-order chi connectivity index (χ0) is 70.0. The number of esters is 2. The average Bonchev–Trinajstić information content (AvgIpc) is 1.64. The molecule has 2 aromatic carbocycles. The van der Waals surface area contributed by atoms with Gasteiger partial charge in [-0.15, -0.1) is 68.0 Å². The minimum Gasteiger partial charge on any atom is -0.482 e. The van der Waals surface area contributed by atoms with E-state index in [1.165, 1.54) is 51.4 Å². The highest BCUT2D eigenvalue weighted by atomic mass is 32.1. The molecule has 32 heteroatoms. The zero-order valence-corrected chi connectivity index (χ0v) is 59.0. The van der Waals surface area contributed by atoms with Crippen molar-refractivity contribution in [2.75, 3.05) is 20.3 Å². The number of aliphatic hydroxyl groups is 2. The lowest BCUT2D eigenvalue weighted by atomic mass is 9.86. The maximum atomic E-state index is 15.5. The number of aliphatic hydroxyl groups excluding tert-OH is 2. The normalized spacial score (nSPS) is 20.9. The fourth-order valence-corrected chi connectivity index (χ4v) is 17.1. The first-order chi connectivity index (χ1) is 47.4. The van der Waals surface area contributed by atoms with Gasteiger partial charge in [0.15, 0.2) is 6.61 Å². The van der Waals surface area contributed by atoms with Gasteiger partial charge in [-0.25, -0.2) is 39.7 Å². The molecule has 9 aromatic rings. The van der Waals surface area contributed by atoms with Gasteiger partial charge in [0.25, 0.3) is 23.6 Å². The van der Waals surface area contributed by atoms with Crippen LogP contribution in [0.1, 0.15) is 157 Å². The fourth-order valence-electron chi connectivity index (χ4n) is 11.8. The van der Waals surface area contributed by atoms with Crippen LogP contribution >= 0.6 is 68.0 Å². The number of nitrogens with two attached hydrogens (primary N) is 1. The second-order valence-corrected chi connectivity index (χ2v) is 30.6. The molecule has 10 bridgehead atoms. The van der Waals surface area contributed by atoms with Gasteiger partial charge < -0.3 is 56.3 Å². The number of nitrogens with zero attached hydrogens (tertiary/aromatic N) is 8. The molecule has 26 nitrogen and oxygen atoms in total. The smallest absolute Gasteiger partial charge is 0.344 e. The summed E-state index contributed by atoms with van der Waals surface area (Å²) in [6.07, 6.45) is -0.566. The van der Waals surface area contributed by atoms with Crippen LogP contribution in [0.15, 0.2) is 93.6 Å². The van der Waals surface area contributed by atoms with Crippen LogP contribution in [0.25, 0.3) is 43.4 Å².